The first-order valence-corrected chi connectivity index (χ1v) is 17.4. The number of anilines is 2. The Kier molecular flexibility index (Phi) is 9.90. The zero-order chi connectivity index (χ0) is 40.3. The highest BCUT2D eigenvalue weighted by Gasteiger charge is 2.46. The number of fused-ring (bicyclic) bond motifs is 2. The molecule has 0 radical (unpaired) electrons. The van der Waals surface area contributed by atoms with E-state index < -0.39 is 47.9 Å². The highest BCUT2D eigenvalue weighted by Crippen LogP contribution is 2.43. The van der Waals surface area contributed by atoms with E-state index in [1.807, 2.05) is 0 Å². The highest BCUT2D eigenvalue weighted by atomic mass is 35.5. The third-order valence-corrected chi connectivity index (χ3v) is 9.82. The van der Waals surface area contributed by atoms with E-state index in [9.17, 15) is 45.8 Å². The Labute approximate surface area is 317 Å². The molecule has 0 unspecified atom stereocenters. The zero-order valence-corrected chi connectivity index (χ0v) is 30.1. The number of amides is 2. The number of nitrogens with zero attached hydrogens (tertiary/aromatic N) is 8. The minimum atomic E-state index is -4.67. The van der Waals surface area contributed by atoms with Crippen LogP contribution >= 0.6 is 11.6 Å². The van der Waals surface area contributed by atoms with Crippen LogP contribution in [-0.2, 0) is 35.3 Å². The van der Waals surface area contributed by atoms with Crippen molar-refractivity contribution in [1.29, 1.82) is 0 Å². The van der Waals surface area contributed by atoms with Crippen molar-refractivity contribution in [3.05, 3.63) is 91.9 Å². The van der Waals surface area contributed by atoms with Gasteiger partial charge in [-0.2, -0.15) is 35.8 Å². The molecule has 2 aliphatic heterocycles. The number of piperazine rings is 1. The Morgan fingerprint density at radius 1 is 1.04 bits per heavy atom. The summed E-state index contributed by atoms with van der Waals surface area (Å²) in [7, 11) is 0. The maximum atomic E-state index is 14.3. The van der Waals surface area contributed by atoms with Gasteiger partial charge in [0, 0.05) is 31.7 Å². The summed E-state index contributed by atoms with van der Waals surface area (Å²) in [6.07, 6.45) is -10.1. The first-order valence-electron chi connectivity index (χ1n) is 17.0. The Bertz CT molecular complexity index is 2440. The number of aromatic hydroxyl groups is 1. The molecule has 5 aromatic rings. The number of carbonyl (C=O) groups excluding carboxylic acids is 2. The second-order valence-electron chi connectivity index (χ2n) is 13.0. The first-order chi connectivity index (χ1) is 26.5. The number of aryl methyl sites for hydroxylation is 1. The van der Waals surface area contributed by atoms with Crippen LogP contribution in [0.4, 0.5) is 37.7 Å². The van der Waals surface area contributed by atoms with E-state index in [4.69, 9.17) is 16.3 Å². The van der Waals surface area contributed by atoms with Crippen molar-refractivity contribution < 1.29 is 45.8 Å². The van der Waals surface area contributed by atoms with Crippen molar-refractivity contribution in [2.24, 2.45) is 0 Å². The molecule has 1 fully saturated rings. The van der Waals surface area contributed by atoms with E-state index in [2.05, 4.69) is 25.4 Å². The minimum Gasteiger partial charge on any atom is -0.504 e. The monoisotopic (exact) mass is 805 g/mol. The lowest BCUT2D eigenvalue weighted by atomic mass is 10.0. The third-order valence-electron chi connectivity index (χ3n) is 9.51. The maximum Gasteiger partial charge on any atom is 0.418 e. The van der Waals surface area contributed by atoms with Crippen molar-refractivity contribution in [3.63, 3.8) is 0 Å². The smallest absolute Gasteiger partial charge is 0.418 e. The molecule has 0 spiro atoms. The Morgan fingerprint density at radius 3 is 2.43 bits per heavy atom. The summed E-state index contributed by atoms with van der Waals surface area (Å²) in [4.78, 5) is 56.7. The molecule has 0 aliphatic carbocycles. The molecule has 2 aliphatic rings. The summed E-state index contributed by atoms with van der Waals surface area (Å²) in [5.41, 5.74) is -0.816. The van der Waals surface area contributed by atoms with Gasteiger partial charge in [0.1, 0.15) is 18.6 Å². The maximum absolute atomic E-state index is 14.3. The molecule has 21 heteroatoms. The quantitative estimate of drug-likeness (QED) is 0.206. The van der Waals surface area contributed by atoms with Crippen LogP contribution in [-0.4, -0.2) is 83.3 Å². The van der Waals surface area contributed by atoms with Crippen LogP contribution in [0.2, 0.25) is 5.02 Å². The molecule has 56 heavy (non-hydrogen) atoms. The summed E-state index contributed by atoms with van der Waals surface area (Å²) in [5, 5.41) is 16.9. The van der Waals surface area contributed by atoms with Crippen molar-refractivity contribution >= 4 is 40.6 Å². The number of benzene rings is 2. The Balaban J connectivity index is 1.26. The Morgan fingerprint density at radius 2 is 1.77 bits per heavy atom. The molecule has 0 bridgehead atoms. The van der Waals surface area contributed by atoms with Crippen molar-refractivity contribution in [3.8, 4) is 17.1 Å². The summed E-state index contributed by atoms with van der Waals surface area (Å²) < 4.78 is 87.7. The van der Waals surface area contributed by atoms with Crippen molar-refractivity contribution in [2.75, 3.05) is 36.4 Å². The molecule has 2 N–H and O–H groups in total. The second-order valence-corrected chi connectivity index (χ2v) is 13.4. The molecule has 0 saturated carbocycles. The molecule has 7 rings (SSSR count). The summed E-state index contributed by atoms with van der Waals surface area (Å²) >= 11 is 6.10. The Hall–Kier alpha value is -5.76. The molecule has 3 aromatic heterocycles. The van der Waals surface area contributed by atoms with E-state index in [-0.39, 0.29) is 101 Å². The zero-order valence-electron chi connectivity index (χ0n) is 29.4. The molecule has 5 heterocycles. The third kappa shape index (κ3) is 7.09. The SMILES string of the molecule is CCc1c(N2CCN(C(=O)c3ncnc(C)c3O)CC2)c(=O)n2nc(-c3ccc4c(c3)CO[C@H]4C(F)(F)F)nc2n1CC(=O)Nc1ccc(C(F)(F)F)cc1Cl. The van der Waals surface area contributed by atoms with Gasteiger partial charge in [0.2, 0.25) is 11.7 Å². The van der Waals surface area contributed by atoms with Crippen LogP contribution in [0.1, 0.15) is 51.6 Å². The number of rotatable bonds is 7. The van der Waals surface area contributed by atoms with Gasteiger partial charge < -0.3 is 29.5 Å². The molecule has 1 atom stereocenters. The summed E-state index contributed by atoms with van der Waals surface area (Å²) in [5.74, 6) is -1.79. The van der Waals surface area contributed by atoms with Crippen molar-refractivity contribution in [2.45, 2.75) is 51.9 Å². The largest absolute Gasteiger partial charge is 0.504 e. The lowest BCUT2D eigenvalue weighted by molar-refractivity contribution is -0.219. The van der Waals surface area contributed by atoms with Crippen LogP contribution in [0.25, 0.3) is 17.2 Å². The lowest BCUT2D eigenvalue weighted by Crippen LogP contribution is -2.51. The lowest BCUT2D eigenvalue weighted by Gasteiger charge is -2.36. The highest BCUT2D eigenvalue weighted by molar-refractivity contribution is 6.33. The summed E-state index contributed by atoms with van der Waals surface area (Å²) in [6, 6.07) is 6.49. The van der Waals surface area contributed by atoms with Gasteiger partial charge in [-0.1, -0.05) is 30.7 Å². The van der Waals surface area contributed by atoms with Crippen LogP contribution in [0, 0.1) is 6.92 Å². The van der Waals surface area contributed by atoms with Crippen LogP contribution in [0.15, 0.2) is 47.5 Å². The van der Waals surface area contributed by atoms with Gasteiger partial charge in [-0.25, -0.2) is 9.97 Å². The standard InChI is InChI=1S/C35H30ClF6N9O5/c1-3-24-27(48-8-10-49(11-9-48)31(54)26-28(53)17(2)43-16-44-26)32(55)51-33(50(24)14-25(52)45-23-7-5-20(13-22(23)36)34(37,38)39)46-30(47-51)18-4-6-21-19(12-18)15-56-29(21)35(40,41)42/h4-7,12-13,16,29,53H,3,8-11,14-15H2,1-2H3,(H,45,52)/t29-/m1/s1. The molecular formula is C35H30ClF6N9O5. The fraction of sp³-hybridized carbons (Fsp3) is 0.343. The van der Waals surface area contributed by atoms with Crippen LogP contribution < -0.4 is 15.8 Å². The van der Waals surface area contributed by atoms with Crippen LogP contribution in [0.5, 0.6) is 5.75 Å². The normalized spacial score (nSPS) is 16.1. The predicted molar refractivity (Wildman–Crippen MR) is 187 cm³/mol. The second kappa shape index (κ2) is 14.4. The molecule has 294 valence electrons. The number of aromatic nitrogens is 6. The fourth-order valence-electron chi connectivity index (χ4n) is 6.74. The van der Waals surface area contributed by atoms with Crippen molar-refractivity contribution in [1.82, 2.24) is 34.0 Å². The molecule has 1 saturated heterocycles. The average Bonchev–Trinajstić information content (AvgIpc) is 3.80. The van der Waals surface area contributed by atoms with Gasteiger partial charge in [0.15, 0.2) is 23.4 Å². The van der Waals surface area contributed by atoms with Gasteiger partial charge in [-0.3, -0.25) is 14.4 Å². The molecule has 2 amide bonds. The molecule has 14 nitrogen and oxygen atoms in total. The van der Waals surface area contributed by atoms with E-state index >= 15 is 0 Å². The number of alkyl halides is 6. The first kappa shape index (κ1) is 38.5. The number of ether oxygens (including phenoxy) is 1. The topological polar surface area (TPSA) is 160 Å². The number of halogens is 7. The fourth-order valence-corrected chi connectivity index (χ4v) is 6.97. The van der Waals surface area contributed by atoms with Gasteiger partial charge in [-0.15, -0.1) is 5.10 Å². The number of hydrogen-bond donors (Lipinski definition) is 2. The van der Waals surface area contributed by atoms with Gasteiger partial charge in [0.25, 0.3) is 11.5 Å². The molecular weight excluding hydrogens is 776 g/mol. The number of hydrogen-bond acceptors (Lipinski definition) is 10. The van der Waals surface area contributed by atoms with Crippen LogP contribution in [0.3, 0.4) is 0 Å². The van der Waals surface area contributed by atoms with E-state index in [1.54, 1.807) is 11.8 Å². The minimum absolute atomic E-state index is 0.0464. The number of nitrogens with one attached hydrogen (secondary N) is 1. The van der Waals surface area contributed by atoms with E-state index in [1.165, 1.54) is 34.6 Å². The van der Waals surface area contributed by atoms with Gasteiger partial charge in [0.05, 0.1) is 34.3 Å². The van der Waals surface area contributed by atoms with Gasteiger partial charge >= 0.3 is 12.4 Å². The average molecular weight is 806 g/mol. The molecule has 2 aromatic carbocycles. The summed E-state index contributed by atoms with van der Waals surface area (Å²) in [6.45, 7) is 2.87. The van der Waals surface area contributed by atoms with E-state index in [0.29, 0.717) is 11.8 Å². The van der Waals surface area contributed by atoms with Gasteiger partial charge in [-0.05, 0) is 48.7 Å². The predicted octanol–water partition coefficient (Wildman–Crippen LogP) is 5.33. The van der Waals surface area contributed by atoms with E-state index in [0.717, 1.165) is 23.0 Å². The number of carbonyl (C=O) groups is 2.